The molecule has 4 heterocycles. The zero-order valence-electron chi connectivity index (χ0n) is 20.5. The number of anilines is 1. The minimum atomic E-state index is -0.674. The number of nitrogen functional groups attached to an aromatic ring is 1. The predicted molar refractivity (Wildman–Crippen MR) is 132 cm³/mol. The molecule has 188 valence electrons. The summed E-state index contributed by atoms with van der Waals surface area (Å²) in [6.45, 7) is 2.91. The first kappa shape index (κ1) is 23.1. The van der Waals surface area contributed by atoms with E-state index in [1.165, 1.54) is 24.3 Å². The summed E-state index contributed by atoms with van der Waals surface area (Å²) in [6, 6.07) is 8.74. The number of rotatable bonds is 4. The Morgan fingerprint density at radius 1 is 1.22 bits per heavy atom. The smallest absolute Gasteiger partial charge is 0.280 e. The Bertz CT molecular complexity index is 1370. The molecule has 1 fully saturated rings. The van der Waals surface area contributed by atoms with Crippen molar-refractivity contribution in [3.8, 4) is 5.75 Å². The van der Waals surface area contributed by atoms with E-state index in [-0.39, 0.29) is 17.7 Å². The van der Waals surface area contributed by atoms with E-state index < -0.39 is 11.7 Å². The van der Waals surface area contributed by atoms with Crippen LogP contribution in [0.2, 0.25) is 0 Å². The number of piperidine rings is 1. The fourth-order valence-electron chi connectivity index (χ4n) is 5.57. The summed E-state index contributed by atoms with van der Waals surface area (Å²) >= 11 is 0. The van der Waals surface area contributed by atoms with Crippen molar-refractivity contribution >= 4 is 22.6 Å². The Morgan fingerprint density at radius 3 is 2.78 bits per heavy atom. The van der Waals surface area contributed by atoms with Gasteiger partial charge < -0.3 is 20.1 Å². The Balaban J connectivity index is 1.25. The number of hydrogen-bond donors (Lipinski definition) is 1. The lowest BCUT2D eigenvalue weighted by molar-refractivity contribution is -0.102. The third-order valence-corrected chi connectivity index (χ3v) is 7.68. The molecule has 0 aliphatic carbocycles. The lowest BCUT2D eigenvalue weighted by Crippen LogP contribution is -2.45. The van der Waals surface area contributed by atoms with Gasteiger partial charge in [0.2, 0.25) is 0 Å². The van der Waals surface area contributed by atoms with Crippen molar-refractivity contribution in [2.75, 3.05) is 33.0 Å². The number of amides is 1. The highest BCUT2D eigenvalue weighted by Crippen LogP contribution is 2.41. The van der Waals surface area contributed by atoms with Crippen LogP contribution in [0.5, 0.6) is 5.75 Å². The minimum absolute atomic E-state index is 0.0835. The number of aromatic nitrogens is 1. The number of likely N-dealkylation sites (tertiary alicyclic amines) is 1. The number of halogens is 1. The Morgan fingerprint density at radius 2 is 2.00 bits per heavy atom. The molecule has 0 bridgehead atoms. The van der Waals surface area contributed by atoms with Crippen LogP contribution in [0.25, 0.3) is 10.9 Å². The number of nitrogens with zero attached hydrogens (tertiary/aromatic N) is 3. The molecule has 9 heteroatoms. The number of nitrogens with two attached hydrogens (primary N) is 1. The molecule has 0 radical (unpaired) electrons. The quantitative estimate of drug-likeness (QED) is 0.557. The predicted octanol–water partition coefficient (Wildman–Crippen LogP) is 3.59. The molecule has 1 saturated heterocycles. The van der Waals surface area contributed by atoms with Crippen molar-refractivity contribution in [1.82, 2.24) is 14.9 Å². The zero-order chi connectivity index (χ0) is 25.0. The van der Waals surface area contributed by atoms with Crippen molar-refractivity contribution in [3.63, 3.8) is 0 Å². The van der Waals surface area contributed by atoms with E-state index in [2.05, 4.69) is 23.0 Å². The van der Waals surface area contributed by atoms with Crippen LogP contribution in [0.3, 0.4) is 0 Å². The number of benzene rings is 2. The van der Waals surface area contributed by atoms with Crippen molar-refractivity contribution in [1.29, 1.82) is 0 Å². The van der Waals surface area contributed by atoms with Crippen LogP contribution < -0.4 is 10.5 Å². The molecule has 2 N–H and O–H groups in total. The maximum Gasteiger partial charge on any atom is 0.280 e. The fraction of sp³-hybridized carbons (Fsp3) is 0.407. The van der Waals surface area contributed by atoms with Crippen molar-refractivity contribution in [2.45, 2.75) is 44.6 Å². The summed E-state index contributed by atoms with van der Waals surface area (Å²) in [6.07, 6.45) is 2.84. The largest absolute Gasteiger partial charge is 0.487 e. The highest BCUT2D eigenvalue weighted by molar-refractivity contribution is 5.99. The van der Waals surface area contributed by atoms with Crippen LogP contribution >= 0.6 is 0 Å². The van der Waals surface area contributed by atoms with Crippen LogP contribution in [-0.4, -0.2) is 53.7 Å². The van der Waals surface area contributed by atoms with E-state index in [9.17, 15) is 4.79 Å². The van der Waals surface area contributed by atoms with Crippen molar-refractivity contribution in [2.24, 2.45) is 0 Å². The summed E-state index contributed by atoms with van der Waals surface area (Å²) < 4.78 is 27.0. The molecule has 1 aromatic heterocycles. The lowest BCUT2D eigenvalue weighted by Gasteiger charge is -2.37. The molecule has 3 aromatic rings. The summed E-state index contributed by atoms with van der Waals surface area (Å²) in [5, 5.41) is 1.84. The third kappa shape index (κ3) is 3.87. The molecule has 2 aromatic carbocycles. The van der Waals surface area contributed by atoms with Gasteiger partial charge in [-0.15, -0.1) is 0 Å². The minimum Gasteiger partial charge on any atom is -0.487 e. The first-order valence-electron chi connectivity index (χ1n) is 12.2. The monoisotopic (exact) mass is 492 g/mol. The first-order valence-corrected chi connectivity index (χ1v) is 12.2. The Hall–Kier alpha value is -3.27. The molecular formula is C27H29FN4O4. The molecule has 3 aliphatic rings. The second-order valence-electron chi connectivity index (χ2n) is 10.0. The van der Waals surface area contributed by atoms with Gasteiger partial charge in [0.15, 0.2) is 0 Å². The molecule has 1 amide bonds. The van der Waals surface area contributed by atoms with Gasteiger partial charge in [-0.05, 0) is 35.9 Å². The van der Waals surface area contributed by atoms with Crippen LogP contribution in [-0.2, 0) is 35.8 Å². The zero-order valence-corrected chi connectivity index (χ0v) is 20.5. The molecule has 6 rings (SSSR count). The topological polar surface area (TPSA) is 90.2 Å². The lowest BCUT2D eigenvalue weighted by atomic mass is 9.87. The van der Waals surface area contributed by atoms with Gasteiger partial charge in [0, 0.05) is 49.4 Å². The highest BCUT2D eigenvalue weighted by atomic mass is 19.1. The first-order chi connectivity index (χ1) is 17.4. The van der Waals surface area contributed by atoms with E-state index in [1.807, 2.05) is 12.1 Å². The standard InChI is InChI=1S/C27H29FN4O4/c1-31-7-5-27(6-8-31)12-17-9-16(3-4-24(17)36-27)13-32(34-2)26(33)19-10-18-20-14-35-15-21(20)25(29)30-23(18)11-22(19)28/h3-4,9-11H,5-8,12-15H2,1-2H3,(H2,29,30). The van der Waals surface area contributed by atoms with Gasteiger partial charge in [-0.25, -0.2) is 14.4 Å². The normalized spacial score (nSPS) is 18.3. The number of fused-ring (bicyclic) bond motifs is 4. The van der Waals surface area contributed by atoms with Gasteiger partial charge >= 0.3 is 0 Å². The molecular weight excluding hydrogens is 463 g/mol. The van der Waals surface area contributed by atoms with Crippen molar-refractivity contribution in [3.05, 3.63) is 64.0 Å². The number of hydroxylamine groups is 2. The van der Waals surface area contributed by atoms with E-state index in [4.69, 9.17) is 20.0 Å². The third-order valence-electron chi connectivity index (χ3n) is 7.68. The number of pyridine rings is 1. The van der Waals surface area contributed by atoms with Gasteiger partial charge in [0.25, 0.3) is 5.91 Å². The maximum absolute atomic E-state index is 15.1. The van der Waals surface area contributed by atoms with Crippen LogP contribution in [0.15, 0.2) is 30.3 Å². The van der Waals surface area contributed by atoms with Crippen LogP contribution in [0.4, 0.5) is 10.2 Å². The fourth-order valence-corrected chi connectivity index (χ4v) is 5.57. The number of hydrogen-bond acceptors (Lipinski definition) is 7. The molecule has 36 heavy (non-hydrogen) atoms. The van der Waals surface area contributed by atoms with E-state index >= 15 is 4.39 Å². The molecule has 0 atom stereocenters. The van der Waals surface area contributed by atoms with E-state index in [1.54, 1.807) is 0 Å². The van der Waals surface area contributed by atoms with Gasteiger partial charge in [-0.2, -0.15) is 0 Å². The highest BCUT2D eigenvalue weighted by Gasteiger charge is 2.41. The second kappa shape index (κ2) is 8.69. The molecule has 0 saturated carbocycles. The van der Waals surface area contributed by atoms with E-state index in [0.717, 1.165) is 60.4 Å². The number of carbonyl (C=O) groups is 1. The summed E-state index contributed by atoms with van der Waals surface area (Å²) in [5.74, 6) is -0.00608. The number of carbonyl (C=O) groups excluding carboxylic acids is 1. The van der Waals surface area contributed by atoms with Crippen LogP contribution in [0, 0.1) is 5.82 Å². The van der Waals surface area contributed by atoms with Gasteiger partial charge in [-0.1, -0.05) is 12.1 Å². The maximum atomic E-state index is 15.1. The SMILES string of the molecule is CON(Cc1ccc2c(c1)CC1(CCN(C)CC1)O2)C(=O)c1cc2c3c(c(N)nc2cc1F)COC3. The Labute approximate surface area is 208 Å². The average Bonchev–Trinajstić information content (AvgIpc) is 3.49. The molecule has 8 nitrogen and oxygen atoms in total. The summed E-state index contributed by atoms with van der Waals surface area (Å²) in [5.41, 5.74) is 9.85. The Kier molecular flexibility index (Phi) is 5.59. The summed E-state index contributed by atoms with van der Waals surface area (Å²) in [4.78, 5) is 25.4. The molecule has 3 aliphatic heterocycles. The second-order valence-corrected chi connectivity index (χ2v) is 10.0. The number of ether oxygens (including phenoxy) is 2. The molecule has 0 unspecified atom stereocenters. The van der Waals surface area contributed by atoms with Crippen molar-refractivity contribution < 1.29 is 23.5 Å². The van der Waals surface area contributed by atoms with Crippen LogP contribution in [0.1, 0.15) is 45.5 Å². The van der Waals surface area contributed by atoms with E-state index in [0.29, 0.717) is 29.9 Å². The summed E-state index contributed by atoms with van der Waals surface area (Å²) in [7, 11) is 3.55. The van der Waals surface area contributed by atoms with Gasteiger partial charge in [-0.3, -0.25) is 9.63 Å². The van der Waals surface area contributed by atoms with Gasteiger partial charge in [0.05, 0.1) is 37.9 Å². The average molecular weight is 493 g/mol. The van der Waals surface area contributed by atoms with Gasteiger partial charge in [0.1, 0.15) is 23.0 Å². The molecule has 1 spiro atoms.